The Bertz CT molecular complexity index is 1600. The molecule has 4 aromatic rings. The molecule has 0 fully saturated rings. The molecule has 0 aliphatic heterocycles. The summed E-state index contributed by atoms with van der Waals surface area (Å²) in [7, 11) is 0. The predicted octanol–water partition coefficient (Wildman–Crippen LogP) is 9.34. The Balaban J connectivity index is 1.40. The predicted molar refractivity (Wildman–Crippen MR) is 157 cm³/mol. The molecule has 1 N–H and O–H groups in total. The number of hydrogen-bond donors (Lipinski definition) is 1. The molecule has 1 aliphatic carbocycles. The summed E-state index contributed by atoms with van der Waals surface area (Å²) in [4.78, 5) is 20.9. The molecular formula is C32H27Cl2N3O2. The molecular weight excluding hydrogens is 529 g/mol. The quantitative estimate of drug-likeness (QED) is 0.255. The first kappa shape index (κ1) is 26.7. The molecule has 1 heterocycles. The van der Waals surface area contributed by atoms with Crippen LogP contribution < -0.4 is 5.32 Å². The maximum absolute atomic E-state index is 12.7. The highest BCUT2D eigenvalue weighted by molar-refractivity contribution is 6.42. The van der Waals surface area contributed by atoms with Crippen LogP contribution >= 0.6 is 23.2 Å². The van der Waals surface area contributed by atoms with Gasteiger partial charge in [-0.2, -0.15) is 0 Å². The van der Waals surface area contributed by atoms with Crippen LogP contribution in [0.4, 0.5) is 16.3 Å². The van der Waals surface area contributed by atoms with Gasteiger partial charge in [-0.1, -0.05) is 98.6 Å². The fraction of sp³-hybridized carbons (Fsp3) is 0.219. The first-order valence-corrected chi connectivity index (χ1v) is 13.4. The van der Waals surface area contributed by atoms with E-state index in [2.05, 4.69) is 42.0 Å². The van der Waals surface area contributed by atoms with Gasteiger partial charge in [-0.3, -0.25) is 10.3 Å². The summed E-state index contributed by atoms with van der Waals surface area (Å²) in [6.07, 6.45) is 1.70. The molecule has 0 saturated heterocycles. The molecule has 0 bridgehead atoms. The largest absolute Gasteiger partial charge is 0.444 e. The molecule has 1 atom stereocenters. The normalized spacial score (nSPS) is 14.1. The minimum absolute atomic E-state index is 0.0253. The molecule has 0 spiro atoms. The number of rotatable bonds is 4. The van der Waals surface area contributed by atoms with Gasteiger partial charge in [0.2, 0.25) is 5.69 Å². The van der Waals surface area contributed by atoms with Crippen LogP contribution in [0.3, 0.4) is 0 Å². The average molecular weight is 556 g/mol. The minimum Gasteiger partial charge on any atom is -0.444 e. The average Bonchev–Trinajstić information content (AvgIpc) is 2.92. The van der Waals surface area contributed by atoms with Crippen molar-refractivity contribution in [3.8, 4) is 11.1 Å². The molecule has 3 aromatic carbocycles. The third kappa shape index (κ3) is 5.49. The second kappa shape index (κ2) is 10.7. The molecule has 1 amide bonds. The number of nitrogens with zero attached hydrogens (tertiary/aromatic N) is 2. The van der Waals surface area contributed by atoms with Gasteiger partial charge in [-0.05, 0) is 62.9 Å². The molecule has 1 aromatic heterocycles. The number of anilines is 1. The van der Waals surface area contributed by atoms with Gasteiger partial charge < -0.3 is 4.74 Å². The van der Waals surface area contributed by atoms with Crippen LogP contribution in [0.15, 0.2) is 72.9 Å². The summed E-state index contributed by atoms with van der Waals surface area (Å²) in [6.45, 7) is 14.5. The van der Waals surface area contributed by atoms with E-state index in [1.54, 1.807) is 12.3 Å². The van der Waals surface area contributed by atoms with E-state index >= 15 is 0 Å². The first-order chi connectivity index (χ1) is 18.7. The Kier molecular flexibility index (Phi) is 7.36. The minimum atomic E-state index is -0.662. The monoisotopic (exact) mass is 555 g/mol. The van der Waals surface area contributed by atoms with Crippen LogP contribution in [-0.2, 0) is 23.2 Å². The highest BCUT2D eigenvalue weighted by Gasteiger charge is 2.30. The van der Waals surface area contributed by atoms with Crippen molar-refractivity contribution in [1.29, 1.82) is 0 Å². The molecule has 7 heteroatoms. The number of amides is 1. The number of carbonyl (C=O) groups excluding carboxylic acids is 1. The Morgan fingerprint density at radius 3 is 2.51 bits per heavy atom. The number of hydrogen-bond acceptors (Lipinski definition) is 3. The summed E-state index contributed by atoms with van der Waals surface area (Å²) < 4.78 is 5.45. The van der Waals surface area contributed by atoms with Crippen molar-refractivity contribution in [2.75, 3.05) is 5.32 Å². The molecule has 0 saturated carbocycles. The van der Waals surface area contributed by atoms with Crippen molar-refractivity contribution in [2.45, 2.75) is 45.1 Å². The summed E-state index contributed by atoms with van der Waals surface area (Å²) >= 11 is 12.5. The van der Waals surface area contributed by atoms with E-state index in [4.69, 9.17) is 34.5 Å². The lowest BCUT2D eigenvalue weighted by Gasteiger charge is -2.29. The fourth-order valence-corrected chi connectivity index (χ4v) is 5.27. The zero-order chi connectivity index (χ0) is 27.7. The SMILES string of the molecule is [C-]#[N+]c1c(NC(=O)OCc2ccc(C(C)(C)C)cc2)ncc2c1-c1ccccc1C(c1ccc(Cl)c(Cl)c1)C2. The standard InChI is InChI=1S/C32H27Cl2N3O2/c1-32(2,3)22-12-9-19(10-13-22)18-39-31(38)37-30-29(35-4)28-21(17-36-30)15-25(23-7-5-6-8-24(23)28)20-11-14-26(33)27(34)16-20/h5-14,16-17,25H,15,18H2,1-3H3,(H,36,37,38). The summed E-state index contributed by atoms with van der Waals surface area (Å²) in [6, 6.07) is 21.7. The number of fused-ring (bicyclic) bond motifs is 3. The van der Waals surface area contributed by atoms with Crippen LogP contribution in [0.2, 0.25) is 10.0 Å². The van der Waals surface area contributed by atoms with Crippen LogP contribution in [0.5, 0.6) is 0 Å². The van der Waals surface area contributed by atoms with E-state index in [1.807, 2.05) is 54.6 Å². The smallest absolute Gasteiger partial charge is 0.412 e. The lowest BCUT2D eigenvalue weighted by molar-refractivity contribution is 0.155. The number of benzene rings is 3. The molecule has 1 unspecified atom stereocenters. The van der Waals surface area contributed by atoms with Gasteiger partial charge in [-0.25, -0.2) is 9.64 Å². The third-order valence-electron chi connectivity index (χ3n) is 7.03. The lowest BCUT2D eigenvalue weighted by Crippen LogP contribution is -2.17. The zero-order valence-electron chi connectivity index (χ0n) is 21.9. The molecule has 39 heavy (non-hydrogen) atoms. The molecule has 196 valence electrons. The van der Waals surface area contributed by atoms with Crippen molar-refractivity contribution in [1.82, 2.24) is 4.98 Å². The number of nitrogens with one attached hydrogen (secondary N) is 1. The van der Waals surface area contributed by atoms with E-state index in [9.17, 15) is 4.79 Å². The molecule has 0 radical (unpaired) electrons. The fourth-order valence-electron chi connectivity index (χ4n) is 4.96. The van der Waals surface area contributed by atoms with Gasteiger partial charge in [0.15, 0.2) is 0 Å². The Labute approximate surface area is 238 Å². The van der Waals surface area contributed by atoms with Crippen LogP contribution in [0, 0.1) is 6.57 Å². The molecule has 1 aliphatic rings. The molecule has 5 nitrogen and oxygen atoms in total. The summed E-state index contributed by atoms with van der Waals surface area (Å²) in [5, 5.41) is 3.69. The van der Waals surface area contributed by atoms with Gasteiger partial charge in [0.25, 0.3) is 0 Å². The van der Waals surface area contributed by atoms with Crippen molar-refractivity contribution < 1.29 is 9.53 Å². The second-order valence-corrected chi connectivity index (χ2v) is 11.4. The third-order valence-corrected chi connectivity index (χ3v) is 7.77. The van der Waals surface area contributed by atoms with E-state index < -0.39 is 6.09 Å². The van der Waals surface area contributed by atoms with Crippen LogP contribution in [0.1, 0.15) is 54.5 Å². The van der Waals surface area contributed by atoms with Crippen molar-refractivity contribution in [3.05, 3.63) is 122 Å². The van der Waals surface area contributed by atoms with E-state index in [0.29, 0.717) is 22.2 Å². The first-order valence-electron chi connectivity index (χ1n) is 12.6. The van der Waals surface area contributed by atoms with E-state index in [-0.39, 0.29) is 23.8 Å². The van der Waals surface area contributed by atoms with Gasteiger partial charge in [0.05, 0.1) is 16.6 Å². The van der Waals surface area contributed by atoms with Gasteiger partial charge in [-0.15, -0.1) is 0 Å². The van der Waals surface area contributed by atoms with Gasteiger partial charge >= 0.3 is 6.09 Å². The maximum atomic E-state index is 12.7. The number of aromatic nitrogens is 1. The van der Waals surface area contributed by atoms with Crippen molar-refractivity contribution in [2.24, 2.45) is 0 Å². The van der Waals surface area contributed by atoms with Gasteiger partial charge in [0, 0.05) is 12.1 Å². The number of ether oxygens (including phenoxy) is 1. The molecule has 5 rings (SSSR count). The topological polar surface area (TPSA) is 55.6 Å². The Morgan fingerprint density at radius 1 is 1.08 bits per heavy atom. The summed E-state index contributed by atoms with van der Waals surface area (Å²) in [5.41, 5.74) is 7.17. The van der Waals surface area contributed by atoms with Gasteiger partial charge in [0.1, 0.15) is 12.4 Å². The summed E-state index contributed by atoms with van der Waals surface area (Å²) in [5.74, 6) is 0.205. The number of pyridine rings is 1. The highest BCUT2D eigenvalue weighted by Crippen LogP contribution is 2.48. The Hall–Kier alpha value is -3.85. The Morgan fingerprint density at radius 2 is 1.82 bits per heavy atom. The van der Waals surface area contributed by atoms with Crippen LogP contribution in [-0.4, -0.2) is 11.1 Å². The zero-order valence-corrected chi connectivity index (χ0v) is 23.4. The van der Waals surface area contributed by atoms with E-state index in [1.165, 1.54) is 5.56 Å². The number of halogens is 2. The van der Waals surface area contributed by atoms with E-state index in [0.717, 1.165) is 33.4 Å². The van der Waals surface area contributed by atoms with Crippen molar-refractivity contribution in [3.63, 3.8) is 0 Å². The number of carbonyl (C=O) groups is 1. The van der Waals surface area contributed by atoms with Crippen molar-refractivity contribution >= 4 is 40.8 Å². The van der Waals surface area contributed by atoms with Crippen LogP contribution in [0.25, 0.3) is 16.0 Å². The second-order valence-electron chi connectivity index (χ2n) is 10.6. The highest BCUT2D eigenvalue weighted by atomic mass is 35.5. The lowest BCUT2D eigenvalue weighted by atomic mass is 9.76. The maximum Gasteiger partial charge on any atom is 0.412 e.